The summed E-state index contributed by atoms with van der Waals surface area (Å²) in [7, 11) is 0. The van der Waals surface area contributed by atoms with Gasteiger partial charge < -0.3 is 24.4 Å². The molecule has 102 valence electrons. The molecule has 1 saturated carbocycles. The number of aliphatic hydroxyl groups is 2. The Labute approximate surface area is 105 Å². The summed E-state index contributed by atoms with van der Waals surface area (Å²) in [4.78, 5) is 11.9. The van der Waals surface area contributed by atoms with Crippen molar-refractivity contribution in [1.29, 1.82) is 0 Å². The standard InChI is InChI=1S/C12H18O6/c1-3-16-11-6-7-9(18-10(6)14)8(13)5(2)12(7,15)4-17-11/h5-9,11,13,15H,3-4H2,1-2H3/t5-,6+,7-,8-,9+,11-,12-/m0/s1. The van der Waals surface area contributed by atoms with Crippen molar-refractivity contribution >= 4 is 5.97 Å². The summed E-state index contributed by atoms with van der Waals surface area (Å²) in [5.74, 6) is -1.92. The molecule has 6 heteroatoms. The van der Waals surface area contributed by atoms with Gasteiger partial charge in [0.05, 0.1) is 12.7 Å². The Balaban J connectivity index is 1.97. The van der Waals surface area contributed by atoms with E-state index in [1.165, 1.54) is 0 Å². The van der Waals surface area contributed by atoms with Crippen LogP contribution in [0.3, 0.4) is 0 Å². The van der Waals surface area contributed by atoms with Crippen LogP contribution in [0.15, 0.2) is 0 Å². The zero-order chi connectivity index (χ0) is 13.1. The number of carbonyl (C=O) groups excluding carboxylic acids is 1. The van der Waals surface area contributed by atoms with Gasteiger partial charge >= 0.3 is 5.97 Å². The first-order valence-electron chi connectivity index (χ1n) is 6.35. The highest BCUT2D eigenvalue weighted by Crippen LogP contribution is 2.54. The summed E-state index contributed by atoms with van der Waals surface area (Å²) in [5.41, 5.74) is -1.21. The van der Waals surface area contributed by atoms with E-state index in [1.807, 2.05) is 6.92 Å². The van der Waals surface area contributed by atoms with E-state index in [9.17, 15) is 15.0 Å². The molecule has 0 bridgehead atoms. The zero-order valence-electron chi connectivity index (χ0n) is 10.4. The minimum atomic E-state index is -1.21. The molecule has 0 amide bonds. The van der Waals surface area contributed by atoms with Crippen LogP contribution in [0.5, 0.6) is 0 Å². The molecule has 3 aliphatic rings. The lowest BCUT2D eigenvalue weighted by Gasteiger charge is -2.42. The van der Waals surface area contributed by atoms with Gasteiger partial charge in [0.1, 0.15) is 17.6 Å². The summed E-state index contributed by atoms with van der Waals surface area (Å²) in [5, 5.41) is 20.7. The molecular weight excluding hydrogens is 240 g/mol. The number of hydrogen-bond donors (Lipinski definition) is 2. The molecule has 3 fully saturated rings. The van der Waals surface area contributed by atoms with Crippen molar-refractivity contribution in [3.8, 4) is 0 Å². The van der Waals surface area contributed by atoms with Gasteiger partial charge in [-0.3, -0.25) is 4.79 Å². The first kappa shape index (κ1) is 12.3. The highest BCUT2D eigenvalue weighted by molar-refractivity contribution is 5.77. The zero-order valence-corrected chi connectivity index (χ0v) is 10.4. The van der Waals surface area contributed by atoms with Crippen LogP contribution in [0.4, 0.5) is 0 Å². The van der Waals surface area contributed by atoms with Crippen LogP contribution in [-0.2, 0) is 19.0 Å². The number of hydrogen-bond acceptors (Lipinski definition) is 6. The van der Waals surface area contributed by atoms with Crippen LogP contribution in [0.2, 0.25) is 0 Å². The van der Waals surface area contributed by atoms with Crippen molar-refractivity contribution < 1.29 is 29.2 Å². The number of carbonyl (C=O) groups is 1. The monoisotopic (exact) mass is 258 g/mol. The van der Waals surface area contributed by atoms with Crippen molar-refractivity contribution in [3.63, 3.8) is 0 Å². The third-order valence-corrected chi connectivity index (χ3v) is 4.58. The summed E-state index contributed by atoms with van der Waals surface area (Å²) in [6.07, 6.45) is -2.18. The van der Waals surface area contributed by atoms with Crippen LogP contribution in [0, 0.1) is 17.8 Å². The molecule has 0 aromatic rings. The number of ether oxygens (including phenoxy) is 3. The molecule has 6 nitrogen and oxygen atoms in total. The molecule has 2 N–H and O–H groups in total. The molecule has 0 aromatic carbocycles. The van der Waals surface area contributed by atoms with E-state index in [0.717, 1.165) is 0 Å². The van der Waals surface area contributed by atoms with Crippen molar-refractivity contribution in [2.75, 3.05) is 13.2 Å². The van der Waals surface area contributed by atoms with E-state index in [4.69, 9.17) is 14.2 Å². The Morgan fingerprint density at radius 2 is 2.28 bits per heavy atom. The summed E-state index contributed by atoms with van der Waals surface area (Å²) in [6.45, 7) is 4.04. The molecule has 1 aliphatic carbocycles. The second-order valence-corrected chi connectivity index (χ2v) is 5.36. The summed E-state index contributed by atoms with van der Waals surface area (Å²) in [6, 6.07) is 0. The first-order chi connectivity index (χ1) is 8.50. The normalized spacial score (nSPS) is 54.3. The van der Waals surface area contributed by atoms with E-state index in [-0.39, 0.29) is 12.5 Å². The summed E-state index contributed by atoms with van der Waals surface area (Å²) >= 11 is 0. The van der Waals surface area contributed by atoms with Gasteiger partial charge in [0, 0.05) is 18.4 Å². The van der Waals surface area contributed by atoms with E-state index in [1.54, 1.807) is 6.92 Å². The van der Waals surface area contributed by atoms with Crippen molar-refractivity contribution in [3.05, 3.63) is 0 Å². The average molecular weight is 258 g/mol. The van der Waals surface area contributed by atoms with Crippen molar-refractivity contribution in [2.45, 2.75) is 37.9 Å². The maximum atomic E-state index is 11.9. The fourth-order valence-electron chi connectivity index (χ4n) is 3.54. The van der Waals surface area contributed by atoms with Crippen LogP contribution in [0.1, 0.15) is 13.8 Å². The molecule has 2 heterocycles. The Morgan fingerprint density at radius 3 is 2.94 bits per heavy atom. The minimum absolute atomic E-state index is 0.0597. The van der Waals surface area contributed by atoms with Gasteiger partial charge in [0.2, 0.25) is 0 Å². The number of rotatable bonds is 2. The van der Waals surface area contributed by atoms with Gasteiger partial charge in [-0.05, 0) is 6.92 Å². The predicted molar refractivity (Wildman–Crippen MR) is 58.3 cm³/mol. The van der Waals surface area contributed by atoms with Crippen molar-refractivity contribution in [2.24, 2.45) is 17.8 Å². The Morgan fingerprint density at radius 1 is 1.56 bits per heavy atom. The second kappa shape index (κ2) is 3.90. The second-order valence-electron chi connectivity index (χ2n) is 5.36. The molecule has 3 rings (SSSR count). The van der Waals surface area contributed by atoms with Crippen LogP contribution < -0.4 is 0 Å². The molecule has 0 unspecified atom stereocenters. The van der Waals surface area contributed by atoms with E-state index >= 15 is 0 Å². The Hall–Kier alpha value is -0.690. The van der Waals surface area contributed by atoms with Crippen LogP contribution in [-0.4, -0.2) is 53.5 Å². The quantitative estimate of drug-likeness (QED) is 0.636. The largest absolute Gasteiger partial charge is 0.459 e. The molecule has 0 radical (unpaired) electrons. The maximum absolute atomic E-state index is 11.9. The Bertz CT molecular complexity index is 372. The first-order valence-corrected chi connectivity index (χ1v) is 6.35. The lowest BCUT2D eigenvalue weighted by molar-refractivity contribution is -0.257. The van der Waals surface area contributed by atoms with Gasteiger partial charge in [-0.25, -0.2) is 0 Å². The molecular formula is C12H18O6. The van der Waals surface area contributed by atoms with Gasteiger partial charge in [-0.2, -0.15) is 0 Å². The SMILES string of the molecule is CCO[C@H]1OC[C@@]2(O)[C@@H]3[C@@H](OC(=O)[C@H]13)[C@@H](O)[C@@H]2C. The van der Waals surface area contributed by atoms with Crippen LogP contribution in [0.25, 0.3) is 0 Å². The van der Waals surface area contributed by atoms with E-state index < -0.39 is 41.9 Å². The van der Waals surface area contributed by atoms with Crippen LogP contribution >= 0.6 is 0 Å². The highest BCUT2D eigenvalue weighted by atomic mass is 16.7. The Kier molecular flexibility index (Phi) is 2.68. The van der Waals surface area contributed by atoms with E-state index in [0.29, 0.717) is 6.61 Å². The third-order valence-electron chi connectivity index (χ3n) is 4.58. The molecule has 2 saturated heterocycles. The maximum Gasteiger partial charge on any atom is 0.315 e. The van der Waals surface area contributed by atoms with Gasteiger partial charge in [-0.15, -0.1) is 0 Å². The number of esters is 1. The topological polar surface area (TPSA) is 85.2 Å². The van der Waals surface area contributed by atoms with E-state index in [2.05, 4.69) is 0 Å². The average Bonchev–Trinajstić information content (AvgIpc) is 2.78. The lowest BCUT2D eigenvalue weighted by Crippen LogP contribution is -2.56. The van der Waals surface area contributed by atoms with Gasteiger partial charge in [0.15, 0.2) is 6.29 Å². The predicted octanol–water partition coefficient (Wildman–Crippen LogP) is -0.721. The molecule has 0 aromatic heterocycles. The van der Waals surface area contributed by atoms with Gasteiger partial charge in [0.25, 0.3) is 0 Å². The third kappa shape index (κ3) is 1.34. The number of aliphatic hydroxyl groups excluding tert-OH is 1. The van der Waals surface area contributed by atoms with Crippen molar-refractivity contribution in [1.82, 2.24) is 0 Å². The molecule has 18 heavy (non-hydrogen) atoms. The lowest BCUT2D eigenvalue weighted by atomic mass is 9.76. The molecule has 0 spiro atoms. The summed E-state index contributed by atoms with van der Waals surface area (Å²) < 4.78 is 16.1. The fraction of sp³-hybridized carbons (Fsp3) is 0.917. The minimum Gasteiger partial charge on any atom is -0.459 e. The van der Waals surface area contributed by atoms with Gasteiger partial charge in [-0.1, -0.05) is 6.92 Å². The smallest absolute Gasteiger partial charge is 0.315 e. The highest BCUT2D eigenvalue weighted by Gasteiger charge is 2.70. The fourth-order valence-corrected chi connectivity index (χ4v) is 3.54. The molecule has 2 aliphatic heterocycles. The molecule has 7 atom stereocenters.